The van der Waals surface area contributed by atoms with E-state index in [0.29, 0.717) is 16.6 Å². The van der Waals surface area contributed by atoms with Gasteiger partial charge in [0.2, 0.25) is 15.9 Å². The van der Waals surface area contributed by atoms with Gasteiger partial charge < -0.3 is 36.0 Å². The molecule has 1 amide bonds. The number of H-pyrrole nitrogens is 1. The molecule has 15 heteroatoms. The summed E-state index contributed by atoms with van der Waals surface area (Å²) in [6.07, 6.45) is -1.71. The Morgan fingerprint density at radius 2 is 1.86 bits per heavy atom. The molecule has 5 rings (SSSR count). The van der Waals surface area contributed by atoms with E-state index in [1.54, 1.807) is 18.2 Å². The number of sulfonamides is 1. The van der Waals surface area contributed by atoms with Gasteiger partial charge in [0.05, 0.1) is 39.6 Å². The lowest BCUT2D eigenvalue weighted by Gasteiger charge is -2.22. The van der Waals surface area contributed by atoms with Crippen molar-refractivity contribution in [3.63, 3.8) is 0 Å². The highest BCUT2D eigenvalue weighted by Gasteiger charge is 2.39. The molecule has 10 N–H and O–H groups in total. The number of nitrogens with zero attached hydrogens (tertiary/aromatic N) is 2. The summed E-state index contributed by atoms with van der Waals surface area (Å²) in [7, 11) is -4.16. The summed E-state index contributed by atoms with van der Waals surface area (Å²) in [5.41, 5.74) is 6.75. The molecule has 1 aromatic heterocycles. The number of rotatable bonds is 7. The maximum absolute atomic E-state index is 13.3. The average molecular weight is 595 g/mol. The normalized spacial score (nSPS) is 17.0. The number of primary sulfonamides is 1. The lowest BCUT2D eigenvalue weighted by molar-refractivity contribution is -0.148. The number of hydrogen-bond donors (Lipinski definition) is 8. The standard InChI is InChI=1S/C27H26N6O8S/c28-25(29)13-4-5-18-19(8-13)32-26(31-18)17-7-14(9-21(35)33-11-15(34)10-20(33)27(38)39)23(36)22(24(17)37)12-2-1-3-16(6-12)42(30,40)41/h1-8,15,20,34,36-37H,9-11H2,(H3,28,29)(H,31,32)(H,38,39)(H2,30,40,41). The van der Waals surface area contributed by atoms with E-state index < -0.39 is 52.0 Å². The van der Waals surface area contributed by atoms with Gasteiger partial charge in [-0.1, -0.05) is 12.1 Å². The second-order valence-corrected chi connectivity index (χ2v) is 11.5. The molecule has 2 heterocycles. The van der Waals surface area contributed by atoms with E-state index in [9.17, 15) is 38.4 Å². The number of nitrogens with one attached hydrogen (secondary N) is 2. The zero-order chi connectivity index (χ0) is 30.5. The summed E-state index contributed by atoms with van der Waals surface area (Å²) in [5, 5.41) is 55.2. The number of hydrogen-bond acceptors (Lipinski definition) is 9. The smallest absolute Gasteiger partial charge is 0.326 e. The van der Waals surface area contributed by atoms with Crippen molar-refractivity contribution in [1.29, 1.82) is 5.41 Å². The number of carbonyl (C=O) groups excluding carboxylic acids is 1. The fraction of sp³-hybridized carbons (Fsp3) is 0.185. The van der Waals surface area contributed by atoms with Crippen molar-refractivity contribution in [2.75, 3.05) is 6.54 Å². The zero-order valence-electron chi connectivity index (χ0n) is 21.8. The van der Waals surface area contributed by atoms with Gasteiger partial charge in [-0.3, -0.25) is 10.2 Å². The predicted molar refractivity (Wildman–Crippen MR) is 150 cm³/mol. The number of aliphatic hydroxyl groups excluding tert-OH is 1. The second-order valence-electron chi connectivity index (χ2n) is 9.93. The summed E-state index contributed by atoms with van der Waals surface area (Å²) in [4.78, 5) is 33.2. The molecule has 2 unspecified atom stereocenters. The largest absolute Gasteiger partial charge is 0.507 e. The van der Waals surface area contributed by atoms with Crippen molar-refractivity contribution in [1.82, 2.24) is 14.9 Å². The minimum absolute atomic E-state index is 0.0285. The van der Waals surface area contributed by atoms with E-state index in [1.807, 2.05) is 0 Å². The molecule has 1 aliphatic rings. The number of nitrogens with two attached hydrogens (primary N) is 2. The van der Waals surface area contributed by atoms with Crippen LogP contribution in [0.4, 0.5) is 0 Å². The number of aliphatic carboxylic acids is 1. The summed E-state index contributed by atoms with van der Waals surface area (Å²) < 4.78 is 24.0. The number of nitrogen functional groups attached to an aromatic ring is 1. The van der Waals surface area contributed by atoms with Crippen LogP contribution in [0.3, 0.4) is 0 Å². The number of phenols is 2. The Morgan fingerprint density at radius 1 is 1.12 bits per heavy atom. The Hall–Kier alpha value is -4.99. The number of benzene rings is 3. The van der Waals surface area contributed by atoms with Gasteiger partial charge >= 0.3 is 5.97 Å². The molecule has 1 fully saturated rings. The van der Waals surface area contributed by atoms with Crippen molar-refractivity contribution >= 4 is 38.8 Å². The number of phenolic OH excluding ortho intramolecular Hbond substituents is 2. The van der Waals surface area contributed by atoms with Crippen molar-refractivity contribution < 1.29 is 38.4 Å². The molecular weight excluding hydrogens is 568 g/mol. The second kappa shape index (κ2) is 10.4. The first kappa shape index (κ1) is 28.5. The Labute approximate surface area is 238 Å². The molecule has 0 spiro atoms. The molecule has 0 aliphatic carbocycles. The van der Waals surface area contributed by atoms with E-state index in [0.717, 1.165) is 11.0 Å². The Bertz CT molecular complexity index is 1890. The quantitative estimate of drug-likeness (QED) is 0.110. The monoisotopic (exact) mass is 594 g/mol. The third-order valence-electron chi connectivity index (χ3n) is 7.08. The molecule has 1 aliphatic heterocycles. The molecule has 218 valence electrons. The minimum Gasteiger partial charge on any atom is -0.507 e. The Morgan fingerprint density at radius 3 is 2.52 bits per heavy atom. The maximum atomic E-state index is 13.3. The van der Waals surface area contributed by atoms with Crippen LogP contribution in [0.1, 0.15) is 17.5 Å². The SMILES string of the molecule is N=C(N)c1ccc2[nH]c(-c3cc(CC(=O)N4CC(O)CC4C(=O)O)c(O)c(-c4cccc(S(N)(=O)=O)c4)c3O)nc2c1. The highest BCUT2D eigenvalue weighted by molar-refractivity contribution is 7.89. The number of aromatic amines is 1. The van der Waals surface area contributed by atoms with Crippen LogP contribution >= 0.6 is 0 Å². The number of carboxylic acid groups (broad SMARTS) is 1. The van der Waals surface area contributed by atoms with Crippen LogP contribution in [0.5, 0.6) is 11.5 Å². The number of imidazole rings is 1. The van der Waals surface area contributed by atoms with Crippen LogP contribution in [0.2, 0.25) is 0 Å². The van der Waals surface area contributed by atoms with Crippen molar-refractivity contribution in [2.24, 2.45) is 10.9 Å². The van der Waals surface area contributed by atoms with E-state index in [-0.39, 0.29) is 51.8 Å². The molecule has 3 aromatic carbocycles. The number of likely N-dealkylation sites (tertiary alicyclic amines) is 1. The molecule has 0 saturated carbocycles. The summed E-state index contributed by atoms with van der Waals surface area (Å²) in [6.45, 7) is -0.215. The number of aromatic nitrogens is 2. The number of carbonyl (C=O) groups is 2. The number of amidine groups is 1. The van der Waals surface area contributed by atoms with Gasteiger partial charge in [-0.15, -0.1) is 0 Å². The van der Waals surface area contributed by atoms with Crippen LogP contribution in [0, 0.1) is 5.41 Å². The van der Waals surface area contributed by atoms with Gasteiger partial charge in [-0.25, -0.2) is 23.3 Å². The number of carboxylic acids is 1. The molecule has 14 nitrogen and oxygen atoms in total. The predicted octanol–water partition coefficient (Wildman–Crippen LogP) is 0.828. The summed E-state index contributed by atoms with van der Waals surface area (Å²) in [5.74, 6) is -3.12. The fourth-order valence-electron chi connectivity index (χ4n) is 5.02. The Balaban J connectivity index is 1.68. The number of amides is 1. The first-order valence-electron chi connectivity index (χ1n) is 12.5. The molecular formula is C27H26N6O8S. The molecule has 42 heavy (non-hydrogen) atoms. The lowest BCUT2D eigenvalue weighted by Crippen LogP contribution is -2.41. The third-order valence-corrected chi connectivity index (χ3v) is 7.99. The molecule has 4 aromatic rings. The highest BCUT2D eigenvalue weighted by atomic mass is 32.2. The van der Waals surface area contributed by atoms with Gasteiger partial charge in [0.25, 0.3) is 0 Å². The lowest BCUT2D eigenvalue weighted by atomic mass is 9.94. The van der Waals surface area contributed by atoms with Crippen LogP contribution < -0.4 is 10.9 Å². The van der Waals surface area contributed by atoms with Crippen molar-refractivity contribution in [2.45, 2.75) is 29.9 Å². The third kappa shape index (κ3) is 5.23. The minimum atomic E-state index is -4.16. The molecule has 0 bridgehead atoms. The van der Waals surface area contributed by atoms with E-state index in [1.165, 1.54) is 24.3 Å². The number of fused-ring (bicyclic) bond motifs is 1. The maximum Gasteiger partial charge on any atom is 0.326 e. The zero-order valence-corrected chi connectivity index (χ0v) is 22.6. The van der Waals surface area contributed by atoms with Gasteiger partial charge in [0, 0.05) is 24.1 Å². The highest BCUT2D eigenvalue weighted by Crippen LogP contribution is 2.46. The van der Waals surface area contributed by atoms with Gasteiger partial charge in [-0.05, 0) is 42.0 Å². The molecule has 1 saturated heterocycles. The number of aromatic hydroxyl groups is 2. The van der Waals surface area contributed by atoms with E-state index >= 15 is 0 Å². The van der Waals surface area contributed by atoms with Gasteiger partial charge in [0.15, 0.2) is 0 Å². The molecule has 2 atom stereocenters. The van der Waals surface area contributed by atoms with Gasteiger partial charge in [0.1, 0.15) is 29.2 Å². The fourth-order valence-corrected chi connectivity index (χ4v) is 5.58. The summed E-state index contributed by atoms with van der Waals surface area (Å²) >= 11 is 0. The van der Waals surface area contributed by atoms with Crippen LogP contribution in [-0.2, 0) is 26.0 Å². The van der Waals surface area contributed by atoms with Gasteiger partial charge in [-0.2, -0.15) is 0 Å². The average Bonchev–Trinajstić information content (AvgIpc) is 3.53. The van der Waals surface area contributed by atoms with E-state index in [2.05, 4.69) is 9.97 Å². The van der Waals surface area contributed by atoms with Crippen molar-refractivity contribution in [3.05, 3.63) is 59.7 Å². The first-order chi connectivity index (χ1) is 19.7. The van der Waals surface area contributed by atoms with Crippen LogP contribution in [-0.4, -0.2) is 80.1 Å². The van der Waals surface area contributed by atoms with Crippen LogP contribution in [0.15, 0.2) is 53.4 Å². The van der Waals surface area contributed by atoms with E-state index in [4.69, 9.17) is 16.3 Å². The van der Waals surface area contributed by atoms with Crippen molar-refractivity contribution in [3.8, 4) is 34.0 Å². The number of aliphatic hydroxyl groups is 1. The topological polar surface area (TPSA) is 257 Å². The number of β-amino-alcohol motifs (C(OH)–C–C–N with tert-alkyl or cyclic N) is 1. The van der Waals surface area contributed by atoms with Crippen LogP contribution in [0.25, 0.3) is 33.5 Å². The first-order valence-corrected chi connectivity index (χ1v) is 14.0. The Kier molecular flexibility index (Phi) is 7.10. The molecule has 0 radical (unpaired) electrons. The summed E-state index contributed by atoms with van der Waals surface area (Å²) in [6, 6.07) is 10.00.